The predicted octanol–water partition coefficient (Wildman–Crippen LogP) is 3.15. The number of carbonyl (C=O) groups is 1. The summed E-state index contributed by atoms with van der Waals surface area (Å²) in [4.78, 5) is 14.4. The van der Waals surface area contributed by atoms with Crippen LogP contribution in [0.5, 0.6) is 0 Å². The third-order valence-corrected chi connectivity index (χ3v) is 4.02. The molecular formula is C16H17FN2O. The average Bonchev–Trinajstić information content (AvgIpc) is 2.91. The van der Waals surface area contributed by atoms with Crippen LogP contribution < -0.4 is 0 Å². The van der Waals surface area contributed by atoms with Gasteiger partial charge in [-0.05, 0) is 43.7 Å². The zero-order chi connectivity index (χ0) is 14.3. The molecule has 0 saturated heterocycles. The van der Waals surface area contributed by atoms with Gasteiger partial charge in [0.15, 0.2) is 0 Å². The molecule has 1 amide bonds. The Kier molecular flexibility index (Phi) is 3.08. The molecule has 1 atom stereocenters. The van der Waals surface area contributed by atoms with Gasteiger partial charge in [0.2, 0.25) is 0 Å². The van der Waals surface area contributed by atoms with Crippen LogP contribution in [0, 0.1) is 12.7 Å². The number of aryl methyl sites for hydroxylation is 1. The summed E-state index contributed by atoms with van der Waals surface area (Å²) >= 11 is 0. The maximum absolute atomic E-state index is 13.6. The van der Waals surface area contributed by atoms with Gasteiger partial charge >= 0.3 is 0 Å². The van der Waals surface area contributed by atoms with Crippen molar-refractivity contribution in [3.05, 3.63) is 59.2 Å². The number of fused-ring (bicyclic) bond motifs is 1. The minimum Gasteiger partial charge on any atom is -0.348 e. The SMILES string of the molecule is Cc1ccc(C(=O)N2CCn3cccc3C2C)cc1F. The molecule has 3 rings (SSSR count). The second kappa shape index (κ2) is 4.78. The molecule has 0 bridgehead atoms. The molecule has 4 heteroatoms. The Morgan fingerprint density at radius 1 is 1.30 bits per heavy atom. The number of carbonyl (C=O) groups excluding carboxylic acids is 1. The summed E-state index contributed by atoms with van der Waals surface area (Å²) in [6.45, 7) is 5.14. The minimum atomic E-state index is -0.330. The van der Waals surface area contributed by atoms with E-state index >= 15 is 0 Å². The Morgan fingerprint density at radius 2 is 2.10 bits per heavy atom. The molecule has 1 aromatic heterocycles. The summed E-state index contributed by atoms with van der Waals surface area (Å²) in [5, 5.41) is 0. The molecule has 1 aliphatic heterocycles. The monoisotopic (exact) mass is 272 g/mol. The first-order valence-corrected chi connectivity index (χ1v) is 6.80. The lowest BCUT2D eigenvalue weighted by atomic mass is 10.1. The Labute approximate surface area is 117 Å². The molecule has 0 spiro atoms. The van der Waals surface area contributed by atoms with Crippen molar-refractivity contribution in [3.63, 3.8) is 0 Å². The van der Waals surface area contributed by atoms with E-state index in [1.807, 2.05) is 25.3 Å². The third kappa shape index (κ3) is 2.01. The molecule has 20 heavy (non-hydrogen) atoms. The van der Waals surface area contributed by atoms with Gasteiger partial charge in [-0.1, -0.05) is 6.07 Å². The lowest BCUT2D eigenvalue weighted by molar-refractivity contribution is 0.0643. The molecule has 2 heterocycles. The number of aromatic nitrogens is 1. The normalized spacial score (nSPS) is 17.9. The Bertz CT molecular complexity index is 662. The van der Waals surface area contributed by atoms with Crippen molar-refractivity contribution in [2.24, 2.45) is 0 Å². The van der Waals surface area contributed by atoms with Gasteiger partial charge in [-0.15, -0.1) is 0 Å². The molecule has 1 unspecified atom stereocenters. The number of benzene rings is 1. The molecule has 1 aliphatic rings. The van der Waals surface area contributed by atoms with Gasteiger partial charge in [-0.3, -0.25) is 4.79 Å². The summed E-state index contributed by atoms with van der Waals surface area (Å²) in [7, 11) is 0. The van der Waals surface area contributed by atoms with E-state index in [0.717, 1.165) is 12.2 Å². The molecule has 0 radical (unpaired) electrons. The van der Waals surface area contributed by atoms with Crippen LogP contribution in [0.3, 0.4) is 0 Å². The average molecular weight is 272 g/mol. The summed E-state index contributed by atoms with van der Waals surface area (Å²) in [6.07, 6.45) is 2.03. The van der Waals surface area contributed by atoms with E-state index < -0.39 is 0 Å². The van der Waals surface area contributed by atoms with Gasteiger partial charge in [0, 0.05) is 30.5 Å². The van der Waals surface area contributed by atoms with Crippen molar-refractivity contribution in [3.8, 4) is 0 Å². The van der Waals surface area contributed by atoms with Gasteiger partial charge in [-0.2, -0.15) is 0 Å². The fourth-order valence-electron chi connectivity index (χ4n) is 2.75. The number of rotatable bonds is 1. The van der Waals surface area contributed by atoms with Crippen LogP contribution in [0.25, 0.3) is 0 Å². The Morgan fingerprint density at radius 3 is 2.85 bits per heavy atom. The lowest BCUT2D eigenvalue weighted by Gasteiger charge is -2.35. The third-order valence-electron chi connectivity index (χ3n) is 4.02. The fraction of sp³-hybridized carbons (Fsp3) is 0.312. The van der Waals surface area contributed by atoms with Gasteiger partial charge in [-0.25, -0.2) is 4.39 Å². The molecule has 1 aromatic carbocycles. The maximum atomic E-state index is 13.6. The molecule has 104 valence electrons. The number of nitrogens with zero attached hydrogens (tertiary/aromatic N) is 2. The fourth-order valence-corrected chi connectivity index (χ4v) is 2.75. The first-order chi connectivity index (χ1) is 9.58. The summed E-state index contributed by atoms with van der Waals surface area (Å²) in [5.74, 6) is -0.437. The van der Waals surface area contributed by atoms with Crippen LogP contribution in [0.1, 0.15) is 34.6 Å². The first-order valence-electron chi connectivity index (χ1n) is 6.80. The van der Waals surface area contributed by atoms with Gasteiger partial charge in [0.05, 0.1) is 6.04 Å². The first kappa shape index (κ1) is 12.9. The predicted molar refractivity (Wildman–Crippen MR) is 75.0 cm³/mol. The van der Waals surface area contributed by atoms with Crippen LogP contribution in [0.15, 0.2) is 36.5 Å². The highest BCUT2D eigenvalue weighted by Gasteiger charge is 2.28. The van der Waals surface area contributed by atoms with Crippen LogP contribution >= 0.6 is 0 Å². The van der Waals surface area contributed by atoms with E-state index in [-0.39, 0.29) is 17.8 Å². The van der Waals surface area contributed by atoms with Crippen LogP contribution in [0.2, 0.25) is 0 Å². The molecule has 0 saturated carbocycles. The van der Waals surface area contributed by atoms with Crippen molar-refractivity contribution in [2.45, 2.75) is 26.4 Å². The van der Waals surface area contributed by atoms with E-state index in [0.29, 0.717) is 17.7 Å². The lowest BCUT2D eigenvalue weighted by Crippen LogP contribution is -2.40. The standard InChI is InChI=1S/C16H17FN2O/c1-11-5-6-13(10-14(11)17)16(20)19-9-8-18-7-3-4-15(18)12(19)2/h3-7,10,12H,8-9H2,1-2H3. The van der Waals surface area contributed by atoms with Crippen molar-refractivity contribution in [1.82, 2.24) is 9.47 Å². The molecule has 0 fully saturated rings. The van der Waals surface area contributed by atoms with Crippen LogP contribution in [-0.4, -0.2) is 21.9 Å². The van der Waals surface area contributed by atoms with E-state index in [2.05, 4.69) is 4.57 Å². The van der Waals surface area contributed by atoms with E-state index in [1.165, 1.54) is 6.07 Å². The zero-order valence-corrected chi connectivity index (χ0v) is 11.6. The van der Waals surface area contributed by atoms with Crippen molar-refractivity contribution < 1.29 is 9.18 Å². The molecular weight excluding hydrogens is 255 g/mol. The number of halogens is 1. The van der Waals surface area contributed by atoms with Crippen molar-refractivity contribution in [1.29, 1.82) is 0 Å². The van der Waals surface area contributed by atoms with Crippen molar-refractivity contribution in [2.75, 3.05) is 6.54 Å². The smallest absolute Gasteiger partial charge is 0.254 e. The van der Waals surface area contributed by atoms with Gasteiger partial charge < -0.3 is 9.47 Å². The maximum Gasteiger partial charge on any atom is 0.254 e. The quantitative estimate of drug-likeness (QED) is 0.783. The number of hydrogen-bond donors (Lipinski definition) is 0. The Balaban J connectivity index is 1.90. The highest BCUT2D eigenvalue weighted by atomic mass is 19.1. The number of amides is 1. The highest BCUT2D eigenvalue weighted by molar-refractivity contribution is 5.94. The second-order valence-corrected chi connectivity index (χ2v) is 5.26. The minimum absolute atomic E-state index is 0.00983. The molecule has 3 nitrogen and oxygen atoms in total. The summed E-state index contributed by atoms with van der Waals surface area (Å²) in [6, 6.07) is 8.71. The zero-order valence-electron chi connectivity index (χ0n) is 11.6. The van der Waals surface area contributed by atoms with E-state index in [9.17, 15) is 9.18 Å². The number of hydrogen-bond acceptors (Lipinski definition) is 1. The summed E-state index contributed by atoms with van der Waals surface area (Å²) in [5.41, 5.74) is 2.10. The topological polar surface area (TPSA) is 25.2 Å². The van der Waals surface area contributed by atoms with Crippen molar-refractivity contribution >= 4 is 5.91 Å². The largest absolute Gasteiger partial charge is 0.348 e. The second-order valence-electron chi connectivity index (χ2n) is 5.26. The Hall–Kier alpha value is -2.10. The molecule has 0 N–H and O–H groups in total. The molecule has 0 aliphatic carbocycles. The van der Waals surface area contributed by atoms with Crippen LogP contribution in [0.4, 0.5) is 4.39 Å². The molecule has 2 aromatic rings. The van der Waals surface area contributed by atoms with E-state index in [1.54, 1.807) is 24.0 Å². The highest BCUT2D eigenvalue weighted by Crippen LogP contribution is 2.27. The van der Waals surface area contributed by atoms with E-state index in [4.69, 9.17) is 0 Å². The van der Waals surface area contributed by atoms with Crippen LogP contribution in [-0.2, 0) is 6.54 Å². The summed E-state index contributed by atoms with van der Waals surface area (Å²) < 4.78 is 15.8. The van der Waals surface area contributed by atoms with Gasteiger partial charge in [0.25, 0.3) is 5.91 Å². The van der Waals surface area contributed by atoms with Gasteiger partial charge in [0.1, 0.15) is 5.82 Å².